The fourth-order valence-electron chi connectivity index (χ4n) is 2.00. The van der Waals surface area contributed by atoms with Crippen molar-refractivity contribution in [1.82, 2.24) is 30.3 Å². The smallest absolute Gasteiger partial charge is 0.251 e. The molecule has 0 bridgehead atoms. The third-order valence-corrected chi connectivity index (χ3v) is 5.26. The van der Waals surface area contributed by atoms with E-state index in [1.807, 2.05) is 0 Å². The van der Waals surface area contributed by atoms with Gasteiger partial charge in [0, 0.05) is 17.6 Å². The van der Waals surface area contributed by atoms with Crippen molar-refractivity contribution < 1.29 is 9.59 Å². The molecule has 0 atom stereocenters. The number of benzene rings is 1. The average Bonchev–Trinajstić information content (AvgIpc) is 3.28. The molecule has 3 aromatic rings. The first-order chi connectivity index (χ1) is 13.0. The highest BCUT2D eigenvalue weighted by Crippen LogP contribution is 2.17. The summed E-state index contributed by atoms with van der Waals surface area (Å²) in [5, 5.41) is 22.5. The molecule has 2 aromatic heterocycles. The molecule has 0 spiro atoms. The van der Waals surface area contributed by atoms with E-state index in [4.69, 9.17) is 11.6 Å². The van der Waals surface area contributed by atoms with E-state index >= 15 is 0 Å². The number of carbonyl (C=O) groups excluding carboxylic acids is 2. The normalized spacial score (nSPS) is 10.6. The first-order valence-electron chi connectivity index (χ1n) is 7.64. The second kappa shape index (κ2) is 8.93. The Labute approximate surface area is 167 Å². The first kappa shape index (κ1) is 19.3. The van der Waals surface area contributed by atoms with Gasteiger partial charge in [-0.2, -0.15) is 0 Å². The van der Waals surface area contributed by atoms with Crippen molar-refractivity contribution in [2.45, 2.75) is 11.7 Å². The predicted octanol–water partition coefficient (Wildman–Crippen LogP) is 1.98. The number of hydrogen-bond acceptors (Lipinski definition) is 8. The Kier molecular flexibility index (Phi) is 6.37. The summed E-state index contributed by atoms with van der Waals surface area (Å²) in [7, 11) is 1.77. The summed E-state index contributed by atoms with van der Waals surface area (Å²) in [6.07, 6.45) is 0. The summed E-state index contributed by atoms with van der Waals surface area (Å²) in [6, 6.07) is 6.60. The number of hydrogen-bond donors (Lipinski definition) is 2. The molecular weight excluding hydrogens is 410 g/mol. The van der Waals surface area contributed by atoms with Crippen molar-refractivity contribution >= 4 is 51.6 Å². The lowest BCUT2D eigenvalue weighted by Crippen LogP contribution is -2.24. The summed E-state index contributed by atoms with van der Waals surface area (Å²) >= 11 is 8.29. The van der Waals surface area contributed by atoms with Gasteiger partial charge in [0.1, 0.15) is 5.51 Å². The molecule has 1 aromatic carbocycles. The van der Waals surface area contributed by atoms with Crippen LogP contribution in [0.25, 0.3) is 0 Å². The number of anilines is 1. The number of nitrogens with zero attached hydrogens (tertiary/aromatic N) is 5. The van der Waals surface area contributed by atoms with E-state index in [-0.39, 0.29) is 24.1 Å². The summed E-state index contributed by atoms with van der Waals surface area (Å²) in [5.74, 6) is 0.282. The van der Waals surface area contributed by atoms with Crippen molar-refractivity contribution in [2.24, 2.45) is 7.05 Å². The SMILES string of the molecule is Cn1c(CNC(=O)c2ccc(Cl)cc2)nnc1SCC(=O)Nc1nncs1. The fourth-order valence-corrected chi connectivity index (χ4v) is 3.32. The van der Waals surface area contributed by atoms with Crippen molar-refractivity contribution in [3.05, 3.63) is 46.2 Å². The first-order valence-corrected chi connectivity index (χ1v) is 9.88. The molecule has 140 valence electrons. The maximum absolute atomic E-state index is 12.1. The third kappa shape index (κ3) is 5.25. The molecule has 0 aliphatic rings. The van der Waals surface area contributed by atoms with Crippen LogP contribution in [-0.4, -0.2) is 42.5 Å². The maximum atomic E-state index is 12.1. The Bertz CT molecular complexity index is 928. The van der Waals surface area contributed by atoms with Crippen LogP contribution in [0.15, 0.2) is 34.9 Å². The molecule has 9 nitrogen and oxygen atoms in total. The second-order valence-corrected chi connectivity index (χ2v) is 7.44. The summed E-state index contributed by atoms with van der Waals surface area (Å²) in [4.78, 5) is 24.0. The highest BCUT2D eigenvalue weighted by molar-refractivity contribution is 7.99. The van der Waals surface area contributed by atoms with Gasteiger partial charge in [-0.3, -0.25) is 14.9 Å². The Hall–Kier alpha value is -2.50. The molecule has 12 heteroatoms. The third-order valence-electron chi connectivity index (χ3n) is 3.38. The van der Waals surface area contributed by atoms with Gasteiger partial charge in [0.15, 0.2) is 11.0 Å². The minimum absolute atomic E-state index is 0.155. The molecule has 0 saturated heterocycles. The monoisotopic (exact) mass is 423 g/mol. The number of rotatable bonds is 7. The fraction of sp³-hybridized carbons (Fsp3) is 0.200. The molecule has 3 rings (SSSR count). The summed E-state index contributed by atoms with van der Waals surface area (Å²) in [6.45, 7) is 0.211. The topological polar surface area (TPSA) is 115 Å². The molecule has 0 aliphatic heterocycles. The van der Waals surface area contributed by atoms with Crippen LogP contribution in [0.4, 0.5) is 5.13 Å². The molecule has 2 heterocycles. The van der Waals surface area contributed by atoms with Crippen molar-refractivity contribution in [3.63, 3.8) is 0 Å². The quantitative estimate of drug-likeness (QED) is 0.558. The van der Waals surface area contributed by atoms with Crippen LogP contribution in [0, 0.1) is 0 Å². The zero-order valence-electron chi connectivity index (χ0n) is 14.0. The highest BCUT2D eigenvalue weighted by Gasteiger charge is 2.13. The van der Waals surface area contributed by atoms with Crippen LogP contribution in [0.2, 0.25) is 5.02 Å². The van der Waals surface area contributed by atoms with Crippen molar-refractivity contribution in [3.8, 4) is 0 Å². The lowest BCUT2D eigenvalue weighted by atomic mass is 10.2. The predicted molar refractivity (Wildman–Crippen MR) is 103 cm³/mol. The summed E-state index contributed by atoms with van der Waals surface area (Å²) in [5.41, 5.74) is 2.04. The second-order valence-electron chi connectivity index (χ2n) is 5.23. The van der Waals surface area contributed by atoms with E-state index in [0.29, 0.717) is 26.7 Å². The van der Waals surface area contributed by atoms with Gasteiger partial charge >= 0.3 is 0 Å². The standard InChI is InChI=1S/C15H14ClN7O2S2/c1-23-11(6-17-13(25)9-2-4-10(16)5-3-9)20-22-15(23)26-7-12(24)19-14-21-18-8-27-14/h2-5,8H,6-7H2,1H3,(H,17,25)(H,19,21,24). The van der Waals surface area contributed by atoms with E-state index < -0.39 is 0 Å². The number of nitrogens with one attached hydrogen (secondary N) is 2. The van der Waals surface area contributed by atoms with E-state index in [1.165, 1.54) is 28.6 Å². The van der Waals surface area contributed by atoms with Gasteiger partial charge < -0.3 is 9.88 Å². The van der Waals surface area contributed by atoms with E-state index in [1.54, 1.807) is 35.9 Å². The number of aromatic nitrogens is 5. The zero-order chi connectivity index (χ0) is 19.2. The van der Waals surface area contributed by atoms with Gasteiger partial charge in [-0.25, -0.2) is 0 Å². The van der Waals surface area contributed by atoms with E-state index in [2.05, 4.69) is 31.0 Å². The lowest BCUT2D eigenvalue weighted by molar-refractivity contribution is -0.113. The number of thioether (sulfide) groups is 1. The van der Waals surface area contributed by atoms with Crippen LogP contribution in [0.1, 0.15) is 16.2 Å². The van der Waals surface area contributed by atoms with Gasteiger partial charge in [-0.05, 0) is 24.3 Å². The van der Waals surface area contributed by atoms with Crippen LogP contribution >= 0.6 is 34.7 Å². The maximum Gasteiger partial charge on any atom is 0.251 e. The van der Waals surface area contributed by atoms with Gasteiger partial charge in [-0.15, -0.1) is 20.4 Å². The minimum Gasteiger partial charge on any atom is -0.345 e. The molecule has 0 saturated carbocycles. The van der Waals surface area contributed by atoms with Gasteiger partial charge in [0.25, 0.3) is 5.91 Å². The van der Waals surface area contributed by atoms with E-state index in [0.717, 1.165) is 0 Å². The van der Waals surface area contributed by atoms with Crippen LogP contribution < -0.4 is 10.6 Å². The number of halogens is 1. The molecule has 0 radical (unpaired) electrons. The zero-order valence-corrected chi connectivity index (χ0v) is 16.4. The largest absolute Gasteiger partial charge is 0.345 e. The Morgan fingerprint density at radius 1 is 1.22 bits per heavy atom. The Balaban J connectivity index is 1.51. The molecular formula is C15H14ClN7O2S2. The summed E-state index contributed by atoms with van der Waals surface area (Å²) < 4.78 is 1.73. The minimum atomic E-state index is -0.236. The highest BCUT2D eigenvalue weighted by atomic mass is 35.5. The molecule has 0 fully saturated rings. The Morgan fingerprint density at radius 2 is 2.00 bits per heavy atom. The molecule has 27 heavy (non-hydrogen) atoms. The van der Waals surface area contributed by atoms with Gasteiger partial charge in [0.2, 0.25) is 11.0 Å². The average molecular weight is 424 g/mol. The van der Waals surface area contributed by atoms with Crippen molar-refractivity contribution in [2.75, 3.05) is 11.1 Å². The number of amides is 2. The van der Waals surface area contributed by atoms with Crippen LogP contribution in [0.3, 0.4) is 0 Å². The van der Waals surface area contributed by atoms with Crippen LogP contribution in [0.5, 0.6) is 0 Å². The lowest BCUT2D eigenvalue weighted by Gasteiger charge is -2.06. The van der Waals surface area contributed by atoms with Gasteiger partial charge in [-0.1, -0.05) is 34.7 Å². The Morgan fingerprint density at radius 3 is 2.70 bits per heavy atom. The van der Waals surface area contributed by atoms with E-state index in [9.17, 15) is 9.59 Å². The van der Waals surface area contributed by atoms with Crippen LogP contribution in [-0.2, 0) is 18.4 Å². The number of carbonyl (C=O) groups is 2. The molecule has 2 N–H and O–H groups in total. The molecule has 2 amide bonds. The van der Waals surface area contributed by atoms with Crippen molar-refractivity contribution in [1.29, 1.82) is 0 Å². The van der Waals surface area contributed by atoms with Gasteiger partial charge in [0.05, 0.1) is 12.3 Å². The molecule has 0 unspecified atom stereocenters. The molecule has 0 aliphatic carbocycles.